The van der Waals surface area contributed by atoms with Crippen LogP contribution in [0.3, 0.4) is 0 Å². The van der Waals surface area contributed by atoms with Crippen molar-refractivity contribution in [3.05, 3.63) is 54.3 Å². The minimum absolute atomic E-state index is 0.310. The molecule has 3 aromatic rings. The zero-order valence-corrected chi connectivity index (χ0v) is 9.67. The number of thiophene rings is 1. The van der Waals surface area contributed by atoms with Crippen LogP contribution in [-0.2, 0) is 0 Å². The third-order valence-corrected chi connectivity index (χ3v) is 3.82. The summed E-state index contributed by atoms with van der Waals surface area (Å²) < 4.78 is 14.5. The quantitative estimate of drug-likeness (QED) is 0.672. The number of benzene rings is 2. The summed E-state index contributed by atoms with van der Waals surface area (Å²) >= 11 is 1.62. The van der Waals surface area contributed by atoms with Crippen LogP contribution < -0.4 is 0 Å². The summed E-state index contributed by atoms with van der Waals surface area (Å²) in [5.74, 6) is -0.894. The molecule has 3 rings (SSSR count). The average Bonchev–Trinajstić information content (AvgIpc) is 2.76. The zero-order chi connectivity index (χ0) is 11.8. The summed E-state index contributed by atoms with van der Waals surface area (Å²) in [5.41, 5.74) is 0.793. The summed E-state index contributed by atoms with van der Waals surface area (Å²) in [6, 6.07) is 14.5. The van der Waals surface area contributed by atoms with Crippen molar-refractivity contribution in [2.45, 2.75) is 0 Å². The summed E-state index contributed by atoms with van der Waals surface area (Å²) in [5, 5.41) is 10.3. The van der Waals surface area contributed by atoms with Crippen LogP contribution in [0.4, 0.5) is 4.39 Å². The predicted molar refractivity (Wildman–Crippen MR) is 68.9 cm³/mol. The van der Waals surface area contributed by atoms with E-state index in [1.165, 1.54) is 16.8 Å². The van der Waals surface area contributed by atoms with Gasteiger partial charge in [0, 0.05) is 9.58 Å². The van der Waals surface area contributed by atoms with Gasteiger partial charge in [0.15, 0.2) is 11.6 Å². The molecule has 0 unspecified atom stereocenters. The van der Waals surface area contributed by atoms with Crippen molar-refractivity contribution in [1.82, 2.24) is 0 Å². The highest BCUT2D eigenvalue weighted by molar-refractivity contribution is 7.22. The second kappa shape index (κ2) is 3.86. The maximum Gasteiger partial charge on any atom is 0.165 e. The second-order valence-electron chi connectivity index (χ2n) is 3.81. The third kappa shape index (κ3) is 1.78. The molecule has 84 valence electrons. The van der Waals surface area contributed by atoms with Crippen molar-refractivity contribution in [1.29, 1.82) is 0 Å². The summed E-state index contributed by atoms with van der Waals surface area (Å²) in [4.78, 5) is 1.00. The van der Waals surface area contributed by atoms with Gasteiger partial charge in [-0.15, -0.1) is 11.3 Å². The van der Waals surface area contributed by atoms with Crippen molar-refractivity contribution in [2.24, 2.45) is 0 Å². The molecule has 0 saturated heterocycles. The van der Waals surface area contributed by atoms with Crippen molar-refractivity contribution in [3.8, 4) is 16.2 Å². The summed E-state index contributed by atoms with van der Waals surface area (Å²) in [6.07, 6.45) is 0. The molecule has 0 fully saturated rings. The molecule has 1 nitrogen and oxygen atoms in total. The van der Waals surface area contributed by atoms with Crippen LogP contribution in [0.25, 0.3) is 20.5 Å². The van der Waals surface area contributed by atoms with Crippen LogP contribution in [0.2, 0.25) is 0 Å². The molecule has 0 radical (unpaired) electrons. The van der Waals surface area contributed by atoms with Crippen molar-refractivity contribution in [2.75, 3.05) is 0 Å². The van der Waals surface area contributed by atoms with Crippen LogP contribution in [-0.4, -0.2) is 5.11 Å². The fourth-order valence-corrected chi connectivity index (χ4v) is 2.84. The Morgan fingerprint density at radius 3 is 2.59 bits per heavy atom. The Hall–Kier alpha value is -1.87. The number of hydrogen-bond donors (Lipinski definition) is 1. The standard InChI is InChI=1S/C14H9FOS/c15-11-7-10(5-6-12(11)16)14-8-9-3-1-2-4-13(9)17-14/h1-8,16H. The summed E-state index contributed by atoms with van der Waals surface area (Å²) in [7, 11) is 0. The van der Waals surface area contributed by atoms with Crippen LogP contribution in [0.15, 0.2) is 48.5 Å². The molecule has 0 aliphatic carbocycles. The number of halogens is 1. The average molecular weight is 244 g/mol. The van der Waals surface area contributed by atoms with Crippen LogP contribution in [0, 0.1) is 5.82 Å². The first-order valence-electron chi connectivity index (χ1n) is 5.21. The minimum Gasteiger partial charge on any atom is -0.505 e. The Balaban J connectivity index is 2.17. The van der Waals surface area contributed by atoms with Gasteiger partial charge in [0.2, 0.25) is 0 Å². The van der Waals surface area contributed by atoms with Gasteiger partial charge < -0.3 is 5.11 Å². The lowest BCUT2D eigenvalue weighted by Gasteiger charge is -1.98. The first-order valence-corrected chi connectivity index (χ1v) is 6.03. The molecular weight excluding hydrogens is 235 g/mol. The van der Waals surface area contributed by atoms with Crippen molar-refractivity contribution in [3.63, 3.8) is 0 Å². The van der Waals surface area contributed by atoms with E-state index < -0.39 is 5.82 Å². The Bertz CT molecular complexity index is 655. The first-order chi connectivity index (χ1) is 8.24. The van der Waals surface area contributed by atoms with E-state index in [9.17, 15) is 4.39 Å². The highest BCUT2D eigenvalue weighted by Gasteiger charge is 2.07. The Kier molecular flexibility index (Phi) is 2.34. The van der Waals surface area contributed by atoms with Gasteiger partial charge in [0.05, 0.1) is 0 Å². The molecule has 0 aliphatic heterocycles. The number of hydrogen-bond acceptors (Lipinski definition) is 2. The predicted octanol–water partition coefficient (Wildman–Crippen LogP) is 4.41. The topological polar surface area (TPSA) is 20.2 Å². The zero-order valence-electron chi connectivity index (χ0n) is 8.85. The molecule has 2 aromatic carbocycles. The molecule has 0 spiro atoms. The molecule has 1 N–H and O–H groups in total. The van der Waals surface area contributed by atoms with Crippen LogP contribution in [0.1, 0.15) is 0 Å². The minimum atomic E-state index is -0.583. The second-order valence-corrected chi connectivity index (χ2v) is 4.90. The third-order valence-electron chi connectivity index (χ3n) is 2.66. The fraction of sp³-hybridized carbons (Fsp3) is 0. The van der Waals surface area contributed by atoms with Crippen molar-refractivity contribution >= 4 is 21.4 Å². The smallest absolute Gasteiger partial charge is 0.165 e. The number of fused-ring (bicyclic) bond motifs is 1. The van der Waals surface area contributed by atoms with E-state index in [2.05, 4.69) is 0 Å². The molecule has 0 atom stereocenters. The van der Waals surface area contributed by atoms with Gasteiger partial charge in [-0.1, -0.05) is 18.2 Å². The normalized spacial score (nSPS) is 10.9. The molecule has 0 bridgehead atoms. The van der Waals surface area contributed by atoms with Gasteiger partial charge in [0.25, 0.3) is 0 Å². The number of aromatic hydroxyl groups is 1. The number of rotatable bonds is 1. The lowest BCUT2D eigenvalue weighted by atomic mass is 10.1. The molecular formula is C14H9FOS. The maximum absolute atomic E-state index is 13.3. The highest BCUT2D eigenvalue weighted by Crippen LogP contribution is 2.34. The van der Waals surface area contributed by atoms with Gasteiger partial charge in [0.1, 0.15) is 0 Å². The maximum atomic E-state index is 13.3. The van der Waals surface area contributed by atoms with E-state index in [1.54, 1.807) is 17.4 Å². The lowest BCUT2D eigenvalue weighted by Crippen LogP contribution is -1.77. The highest BCUT2D eigenvalue weighted by atomic mass is 32.1. The number of phenols is 1. The van der Waals surface area contributed by atoms with Gasteiger partial charge >= 0.3 is 0 Å². The molecule has 0 aliphatic rings. The number of phenolic OH excluding ortho intramolecular Hbond substituents is 1. The molecule has 1 heterocycles. The Labute approximate surface area is 102 Å². The Morgan fingerprint density at radius 2 is 1.82 bits per heavy atom. The fourth-order valence-electron chi connectivity index (χ4n) is 1.78. The molecule has 1 aromatic heterocycles. The van der Waals surface area contributed by atoms with E-state index in [0.717, 1.165) is 15.8 Å². The largest absolute Gasteiger partial charge is 0.505 e. The van der Waals surface area contributed by atoms with E-state index in [1.807, 2.05) is 30.3 Å². The Morgan fingerprint density at radius 1 is 1.00 bits per heavy atom. The lowest BCUT2D eigenvalue weighted by molar-refractivity contribution is 0.432. The van der Waals surface area contributed by atoms with E-state index in [4.69, 9.17) is 5.11 Å². The molecule has 3 heteroatoms. The van der Waals surface area contributed by atoms with Crippen molar-refractivity contribution < 1.29 is 9.50 Å². The van der Waals surface area contributed by atoms with Gasteiger partial charge in [-0.25, -0.2) is 4.39 Å². The van der Waals surface area contributed by atoms with E-state index in [-0.39, 0.29) is 5.75 Å². The summed E-state index contributed by atoms with van der Waals surface area (Å²) in [6.45, 7) is 0. The van der Waals surface area contributed by atoms with E-state index >= 15 is 0 Å². The monoisotopic (exact) mass is 244 g/mol. The molecule has 17 heavy (non-hydrogen) atoms. The van der Waals surface area contributed by atoms with Gasteiger partial charge in [-0.2, -0.15) is 0 Å². The van der Waals surface area contributed by atoms with E-state index in [0.29, 0.717) is 0 Å². The SMILES string of the molecule is Oc1ccc(-c2cc3ccccc3s2)cc1F. The first kappa shape index (κ1) is 10.3. The van der Waals surface area contributed by atoms with Gasteiger partial charge in [-0.05, 0) is 41.3 Å². The van der Waals surface area contributed by atoms with Crippen LogP contribution >= 0.6 is 11.3 Å². The van der Waals surface area contributed by atoms with Gasteiger partial charge in [-0.3, -0.25) is 0 Å². The van der Waals surface area contributed by atoms with Crippen LogP contribution in [0.5, 0.6) is 5.75 Å². The molecule has 0 saturated carbocycles. The molecule has 0 amide bonds.